The quantitative estimate of drug-likeness (QED) is 0.580. The largest absolute Gasteiger partial charge is 0.488 e. The summed E-state index contributed by atoms with van der Waals surface area (Å²) in [6.45, 7) is 7.05. The molecule has 38 heavy (non-hydrogen) atoms. The number of halogens is 1. The molecular formula is C29H34FN3O5. The van der Waals surface area contributed by atoms with Crippen LogP contribution in [0.15, 0.2) is 36.4 Å². The smallest absolute Gasteiger partial charge is 0.255 e. The Morgan fingerprint density at radius 3 is 2.58 bits per heavy atom. The monoisotopic (exact) mass is 526 g/mol. The fourth-order valence-corrected chi connectivity index (χ4v) is 5.65. The van der Waals surface area contributed by atoms with Gasteiger partial charge in [0.25, 0.3) is 5.91 Å². The number of fused-ring (bicyclic) bond motifs is 1. The lowest BCUT2D eigenvalue weighted by Gasteiger charge is -2.47. The lowest BCUT2D eigenvalue weighted by Crippen LogP contribution is -2.56. The second-order valence-corrected chi connectivity index (χ2v) is 11.3. The molecule has 0 spiro atoms. The van der Waals surface area contributed by atoms with Crippen molar-refractivity contribution in [2.24, 2.45) is 0 Å². The van der Waals surface area contributed by atoms with Gasteiger partial charge in [-0.05, 0) is 57.9 Å². The van der Waals surface area contributed by atoms with Gasteiger partial charge in [-0.2, -0.15) is 0 Å². The van der Waals surface area contributed by atoms with Crippen molar-refractivity contribution in [2.45, 2.75) is 77.4 Å². The van der Waals surface area contributed by atoms with Gasteiger partial charge < -0.3 is 14.4 Å². The van der Waals surface area contributed by atoms with Crippen LogP contribution in [0.4, 0.5) is 4.39 Å². The summed E-state index contributed by atoms with van der Waals surface area (Å²) in [5, 5.41) is 2.11. The van der Waals surface area contributed by atoms with Gasteiger partial charge in [-0.25, -0.2) is 4.39 Å². The molecule has 8 nitrogen and oxygen atoms in total. The van der Waals surface area contributed by atoms with Crippen LogP contribution < -0.4 is 10.1 Å². The fraction of sp³-hybridized carbons (Fsp3) is 0.483. The van der Waals surface area contributed by atoms with Crippen molar-refractivity contribution in [2.75, 3.05) is 13.1 Å². The zero-order valence-corrected chi connectivity index (χ0v) is 22.0. The van der Waals surface area contributed by atoms with Crippen LogP contribution in [-0.4, -0.2) is 57.8 Å². The minimum atomic E-state index is -2.59. The summed E-state index contributed by atoms with van der Waals surface area (Å²) >= 11 is 0. The highest BCUT2D eigenvalue weighted by atomic mass is 19.1. The van der Waals surface area contributed by atoms with E-state index in [1.165, 1.54) is 30.3 Å². The molecule has 3 amide bonds. The average Bonchev–Trinajstić information content (AvgIpc) is 3.17. The van der Waals surface area contributed by atoms with Gasteiger partial charge in [0.1, 0.15) is 24.1 Å². The van der Waals surface area contributed by atoms with Gasteiger partial charge in [0, 0.05) is 42.7 Å². The molecule has 5 rings (SSSR count). The number of benzene rings is 2. The van der Waals surface area contributed by atoms with Crippen molar-refractivity contribution in [3.8, 4) is 5.75 Å². The van der Waals surface area contributed by atoms with Crippen LogP contribution in [0, 0.1) is 5.82 Å². The Hall–Kier alpha value is -3.30. The van der Waals surface area contributed by atoms with E-state index < -0.39 is 36.1 Å². The molecule has 2 saturated heterocycles. The molecule has 0 radical (unpaired) electrons. The van der Waals surface area contributed by atoms with Crippen LogP contribution in [0.3, 0.4) is 0 Å². The average molecular weight is 527 g/mol. The number of carbonyl (C=O) groups is 3. The van der Waals surface area contributed by atoms with Crippen LogP contribution in [-0.2, 0) is 34.0 Å². The highest BCUT2D eigenvalue weighted by molar-refractivity contribution is 6.05. The number of amides is 3. The molecule has 2 aromatic carbocycles. The van der Waals surface area contributed by atoms with Crippen LogP contribution in [0.1, 0.15) is 71.7 Å². The predicted molar refractivity (Wildman–Crippen MR) is 138 cm³/mol. The number of imide groups is 1. The summed E-state index contributed by atoms with van der Waals surface area (Å²) in [4.78, 5) is 40.5. The Morgan fingerprint density at radius 1 is 1.16 bits per heavy atom. The summed E-state index contributed by atoms with van der Waals surface area (Å²) in [5.41, 5.74) is 0.0911. The van der Waals surface area contributed by atoms with Crippen molar-refractivity contribution < 1.29 is 32.4 Å². The lowest BCUT2D eigenvalue weighted by atomic mass is 9.98. The Balaban J connectivity index is 1.35. The number of nitrogens with one attached hydrogen (secondary N) is 1. The molecule has 3 heterocycles. The van der Waals surface area contributed by atoms with E-state index in [4.69, 9.17) is 13.6 Å². The number of carbonyl (C=O) groups excluding carboxylic acids is 3. The molecule has 1 N–H and O–H groups in total. The molecular weight excluding hydrogens is 489 g/mol. The lowest BCUT2D eigenvalue weighted by molar-refractivity contribution is -0.182. The Morgan fingerprint density at radius 2 is 1.89 bits per heavy atom. The first kappa shape index (κ1) is 22.7. The van der Waals surface area contributed by atoms with Gasteiger partial charge in [0.05, 0.1) is 21.9 Å². The van der Waals surface area contributed by atoms with Gasteiger partial charge in [-0.1, -0.05) is 18.2 Å². The van der Waals surface area contributed by atoms with E-state index in [9.17, 15) is 14.4 Å². The van der Waals surface area contributed by atoms with Crippen molar-refractivity contribution in [3.63, 3.8) is 0 Å². The normalized spacial score (nSPS) is 26.3. The maximum Gasteiger partial charge on any atom is 0.255 e. The van der Waals surface area contributed by atoms with Crippen molar-refractivity contribution in [3.05, 3.63) is 64.5 Å². The first-order valence-corrected chi connectivity index (χ1v) is 12.7. The third-order valence-electron chi connectivity index (χ3n) is 6.83. The van der Waals surface area contributed by atoms with E-state index in [1.807, 2.05) is 27.7 Å². The molecule has 1 unspecified atom stereocenters. The molecule has 0 aliphatic carbocycles. The fourth-order valence-electron chi connectivity index (χ4n) is 5.65. The Bertz CT molecular complexity index is 1420. The molecule has 1 atom stereocenters. The van der Waals surface area contributed by atoms with Gasteiger partial charge in [0.15, 0.2) is 0 Å². The number of nitrogens with zero attached hydrogens (tertiary/aromatic N) is 2. The van der Waals surface area contributed by atoms with E-state index in [2.05, 4.69) is 10.2 Å². The summed E-state index contributed by atoms with van der Waals surface area (Å²) in [5.74, 6) is -2.77. The molecule has 0 saturated carbocycles. The molecule has 202 valence electrons. The Labute approximate surface area is 226 Å². The maximum atomic E-state index is 15.4. The molecule has 2 fully saturated rings. The summed E-state index contributed by atoms with van der Waals surface area (Å²) in [7, 11) is 0. The zero-order valence-electron chi connectivity index (χ0n) is 25.0. The maximum absolute atomic E-state index is 15.4. The van der Waals surface area contributed by atoms with Gasteiger partial charge >= 0.3 is 0 Å². The van der Waals surface area contributed by atoms with Crippen molar-refractivity contribution >= 4 is 17.7 Å². The number of hydrogen-bond donors (Lipinski definition) is 1. The molecule has 0 bridgehead atoms. The van der Waals surface area contributed by atoms with Crippen LogP contribution in [0.5, 0.6) is 5.75 Å². The third kappa shape index (κ3) is 5.44. The second-order valence-electron chi connectivity index (χ2n) is 11.3. The van der Waals surface area contributed by atoms with Gasteiger partial charge in [-0.15, -0.1) is 0 Å². The predicted octanol–water partition coefficient (Wildman–Crippen LogP) is 3.56. The van der Waals surface area contributed by atoms with Crippen LogP contribution in [0.25, 0.3) is 0 Å². The minimum Gasteiger partial charge on any atom is -0.488 e. The van der Waals surface area contributed by atoms with Gasteiger partial charge in [0.2, 0.25) is 11.8 Å². The molecule has 3 aliphatic heterocycles. The zero-order chi connectivity index (χ0) is 30.0. The number of piperidine rings is 1. The van der Waals surface area contributed by atoms with E-state index in [-0.39, 0.29) is 53.0 Å². The van der Waals surface area contributed by atoms with E-state index >= 15 is 4.39 Å². The van der Waals surface area contributed by atoms with Gasteiger partial charge in [-0.3, -0.25) is 24.6 Å². The third-order valence-corrected chi connectivity index (χ3v) is 6.83. The van der Waals surface area contributed by atoms with E-state index in [0.717, 1.165) is 4.90 Å². The number of hydrogen-bond acceptors (Lipinski definition) is 6. The Kier molecular flexibility index (Phi) is 5.83. The summed E-state index contributed by atoms with van der Waals surface area (Å²) < 4.78 is 52.9. The first-order chi connectivity index (χ1) is 19.0. The number of ether oxygens (including phenoxy) is 2. The number of rotatable bonds is 6. The first-order valence-electron chi connectivity index (χ1n) is 14.2. The van der Waals surface area contributed by atoms with Crippen LogP contribution >= 0.6 is 0 Å². The summed E-state index contributed by atoms with van der Waals surface area (Å²) in [6, 6.07) is 6.80. The second kappa shape index (κ2) is 9.78. The van der Waals surface area contributed by atoms with E-state index in [1.54, 1.807) is 6.07 Å². The van der Waals surface area contributed by atoms with Crippen LogP contribution in [0.2, 0.25) is 0 Å². The molecule has 3 aliphatic rings. The summed E-state index contributed by atoms with van der Waals surface area (Å²) in [6.07, 6.45) is -0.247. The van der Waals surface area contributed by atoms with Crippen molar-refractivity contribution in [1.29, 1.82) is 0 Å². The molecule has 0 aromatic heterocycles. The highest BCUT2D eigenvalue weighted by Crippen LogP contribution is 2.34. The highest BCUT2D eigenvalue weighted by Gasteiger charge is 2.40. The minimum absolute atomic E-state index is 0.000463. The molecule has 2 aromatic rings. The molecule has 9 heteroatoms. The SMILES string of the molecule is [2H]C([2H])(Oc1cccc2c1CN(C1([2H])CCC(=O)NC1=O)C2=O)c1ccc(CN2CC(C)(C)OC(C)(C)C2)cc1F. The topological polar surface area (TPSA) is 88.2 Å². The van der Waals surface area contributed by atoms with Crippen molar-refractivity contribution in [1.82, 2.24) is 15.1 Å². The van der Waals surface area contributed by atoms with E-state index in [0.29, 0.717) is 25.2 Å². The number of morpholine rings is 1. The standard InChI is InChI=1S/C29H34FN3O5/c1-28(2)16-32(17-29(3,4)38-28)13-18-8-9-19(22(30)12-18)15-37-24-7-5-6-20-21(24)14-33(27(20)36)23-10-11-25(34)31-26(23)35/h5-9,12,23H,10-11,13-17H2,1-4H3,(H,31,34,35)/i15D2,23D.